The highest BCUT2D eigenvalue weighted by molar-refractivity contribution is 7.99. The molecule has 136 valence electrons. The molecule has 0 unspecified atom stereocenters. The number of benzene rings is 1. The van der Waals surface area contributed by atoms with Crippen LogP contribution in [0.3, 0.4) is 0 Å². The molecule has 0 aliphatic carbocycles. The fourth-order valence-electron chi connectivity index (χ4n) is 2.19. The lowest BCUT2D eigenvalue weighted by Gasteiger charge is -2.06. The summed E-state index contributed by atoms with van der Waals surface area (Å²) < 4.78 is 14.5. The Morgan fingerprint density at radius 3 is 2.54 bits per heavy atom. The van der Waals surface area contributed by atoms with Gasteiger partial charge in [-0.05, 0) is 38.1 Å². The summed E-state index contributed by atoms with van der Waals surface area (Å²) in [6, 6.07) is 5.46. The fraction of sp³-hybridized carbons (Fsp3) is 0.312. The van der Waals surface area contributed by atoms with E-state index in [1.165, 1.54) is 40.5 Å². The van der Waals surface area contributed by atoms with Gasteiger partial charge in [0.25, 0.3) is 5.78 Å². The molecule has 0 radical (unpaired) electrons. The lowest BCUT2D eigenvalue weighted by Crippen LogP contribution is -2.11. The maximum Gasteiger partial charge on any atom is 0.259 e. The van der Waals surface area contributed by atoms with Gasteiger partial charge < -0.3 is 10.6 Å². The van der Waals surface area contributed by atoms with E-state index in [-0.39, 0.29) is 17.4 Å². The van der Waals surface area contributed by atoms with Gasteiger partial charge in [-0.15, -0.1) is 5.10 Å². The number of nitrogens with one attached hydrogen (secondary N) is 2. The Bertz CT molecular complexity index is 913. The predicted molar refractivity (Wildman–Crippen MR) is 98.4 cm³/mol. The molecule has 3 aromatic rings. The van der Waals surface area contributed by atoms with Gasteiger partial charge in [0.15, 0.2) is 5.78 Å². The Morgan fingerprint density at radius 2 is 1.85 bits per heavy atom. The zero-order valence-electron chi connectivity index (χ0n) is 14.4. The van der Waals surface area contributed by atoms with Crippen LogP contribution in [0.25, 0.3) is 5.78 Å². The number of ketones is 1. The van der Waals surface area contributed by atoms with E-state index in [1.807, 2.05) is 13.8 Å². The van der Waals surface area contributed by atoms with E-state index >= 15 is 0 Å². The maximum absolute atomic E-state index is 12.9. The van der Waals surface area contributed by atoms with Crippen LogP contribution in [0.5, 0.6) is 0 Å². The molecule has 0 bridgehead atoms. The molecule has 0 saturated carbocycles. The van der Waals surface area contributed by atoms with Crippen LogP contribution in [0, 0.1) is 5.82 Å². The highest BCUT2D eigenvalue weighted by Gasteiger charge is 2.14. The van der Waals surface area contributed by atoms with Crippen LogP contribution in [-0.4, -0.2) is 49.2 Å². The van der Waals surface area contributed by atoms with Gasteiger partial charge in [0.2, 0.25) is 17.1 Å². The van der Waals surface area contributed by atoms with Crippen LogP contribution < -0.4 is 10.6 Å². The number of rotatable bonds is 8. The van der Waals surface area contributed by atoms with Crippen molar-refractivity contribution in [3.05, 3.63) is 35.6 Å². The van der Waals surface area contributed by atoms with Gasteiger partial charge in [-0.2, -0.15) is 19.5 Å². The summed E-state index contributed by atoms with van der Waals surface area (Å²) in [4.78, 5) is 25.2. The molecule has 0 atom stereocenters. The highest BCUT2D eigenvalue weighted by Crippen LogP contribution is 2.18. The minimum atomic E-state index is -0.373. The molecule has 10 heteroatoms. The van der Waals surface area contributed by atoms with Crippen molar-refractivity contribution in [1.82, 2.24) is 24.6 Å². The van der Waals surface area contributed by atoms with Crippen molar-refractivity contribution in [1.29, 1.82) is 0 Å². The Balaban J connectivity index is 1.78. The van der Waals surface area contributed by atoms with E-state index in [0.717, 1.165) is 0 Å². The second kappa shape index (κ2) is 8.09. The topological polar surface area (TPSA) is 97.1 Å². The molecule has 26 heavy (non-hydrogen) atoms. The van der Waals surface area contributed by atoms with Crippen molar-refractivity contribution in [3.63, 3.8) is 0 Å². The van der Waals surface area contributed by atoms with E-state index in [9.17, 15) is 9.18 Å². The molecule has 1 aromatic carbocycles. The Hall–Kier alpha value is -2.75. The third-order valence-corrected chi connectivity index (χ3v) is 4.19. The van der Waals surface area contributed by atoms with Gasteiger partial charge in [0.05, 0.1) is 5.75 Å². The van der Waals surface area contributed by atoms with Gasteiger partial charge >= 0.3 is 0 Å². The predicted octanol–water partition coefficient (Wildman–Crippen LogP) is 2.50. The number of halogens is 1. The van der Waals surface area contributed by atoms with Crippen molar-refractivity contribution in [2.24, 2.45) is 0 Å². The van der Waals surface area contributed by atoms with Crippen LogP contribution in [0.15, 0.2) is 29.4 Å². The zero-order valence-corrected chi connectivity index (χ0v) is 15.2. The molecule has 2 aromatic heterocycles. The minimum absolute atomic E-state index is 0.125. The quantitative estimate of drug-likeness (QED) is 0.458. The van der Waals surface area contributed by atoms with Gasteiger partial charge in [0.1, 0.15) is 5.82 Å². The SMILES string of the molecule is CCNc1nc(NCC)n2nc(SCC(=O)c3ccc(F)cc3)nc2n1. The molecule has 8 nitrogen and oxygen atoms in total. The van der Waals surface area contributed by atoms with Crippen LogP contribution >= 0.6 is 11.8 Å². The summed E-state index contributed by atoms with van der Waals surface area (Å²) in [5.41, 5.74) is 0.449. The van der Waals surface area contributed by atoms with Gasteiger partial charge in [-0.1, -0.05) is 11.8 Å². The summed E-state index contributed by atoms with van der Waals surface area (Å²) in [6.45, 7) is 5.26. The standard InChI is InChI=1S/C16H18FN7OS/c1-3-18-13-20-14(19-4-2)24-15(21-13)22-16(23-24)26-9-12(25)10-5-7-11(17)8-6-10/h5-8H,3-4,9H2,1-2H3,(H2,18,19,20,21,22,23). The first-order valence-corrected chi connectivity index (χ1v) is 9.13. The first-order chi connectivity index (χ1) is 12.6. The monoisotopic (exact) mass is 375 g/mol. The highest BCUT2D eigenvalue weighted by atomic mass is 32.2. The largest absolute Gasteiger partial charge is 0.354 e. The summed E-state index contributed by atoms with van der Waals surface area (Å²) in [7, 11) is 0. The third-order valence-electron chi connectivity index (χ3n) is 3.36. The second-order valence-corrected chi connectivity index (χ2v) is 6.20. The number of carbonyl (C=O) groups is 1. The first-order valence-electron chi connectivity index (χ1n) is 8.14. The number of nitrogens with zero attached hydrogens (tertiary/aromatic N) is 5. The van der Waals surface area contributed by atoms with E-state index in [4.69, 9.17) is 0 Å². The number of thioether (sulfide) groups is 1. The summed E-state index contributed by atoms with van der Waals surface area (Å²) in [5.74, 6) is 1.03. The Labute approximate surface area is 153 Å². The van der Waals surface area contributed by atoms with E-state index in [0.29, 0.717) is 41.5 Å². The number of hydrogen-bond acceptors (Lipinski definition) is 8. The molecule has 0 saturated heterocycles. The van der Waals surface area contributed by atoms with E-state index in [1.54, 1.807) is 0 Å². The third kappa shape index (κ3) is 4.07. The van der Waals surface area contributed by atoms with Crippen molar-refractivity contribution in [2.75, 3.05) is 29.5 Å². The lowest BCUT2D eigenvalue weighted by molar-refractivity contribution is 0.102. The smallest absolute Gasteiger partial charge is 0.259 e. The van der Waals surface area contributed by atoms with Crippen molar-refractivity contribution in [3.8, 4) is 0 Å². The molecule has 0 aliphatic heterocycles. The van der Waals surface area contributed by atoms with Crippen LogP contribution in [0.2, 0.25) is 0 Å². The number of aromatic nitrogens is 5. The van der Waals surface area contributed by atoms with Crippen LogP contribution in [0.1, 0.15) is 24.2 Å². The normalized spacial score (nSPS) is 10.9. The summed E-state index contributed by atoms with van der Waals surface area (Å²) in [5, 5.41) is 10.9. The average molecular weight is 375 g/mol. The molecule has 2 N–H and O–H groups in total. The Kier molecular flexibility index (Phi) is 5.61. The lowest BCUT2D eigenvalue weighted by atomic mass is 10.1. The molecule has 2 heterocycles. The van der Waals surface area contributed by atoms with Crippen LogP contribution in [-0.2, 0) is 0 Å². The molecular weight excluding hydrogens is 357 g/mol. The molecule has 0 fully saturated rings. The number of carbonyl (C=O) groups excluding carboxylic acids is 1. The van der Waals surface area contributed by atoms with Gasteiger partial charge in [-0.3, -0.25) is 4.79 Å². The Morgan fingerprint density at radius 1 is 1.12 bits per heavy atom. The second-order valence-electron chi connectivity index (χ2n) is 5.26. The molecule has 0 aliphatic rings. The van der Waals surface area contributed by atoms with Gasteiger partial charge in [0, 0.05) is 18.7 Å². The van der Waals surface area contributed by atoms with E-state index < -0.39 is 0 Å². The number of hydrogen-bond donors (Lipinski definition) is 2. The molecular formula is C16H18FN7OS. The first kappa shape index (κ1) is 18.1. The number of fused-ring (bicyclic) bond motifs is 1. The average Bonchev–Trinajstić information content (AvgIpc) is 3.04. The van der Waals surface area contributed by atoms with E-state index in [2.05, 4.69) is 30.7 Å². The molecule has 0 spiro atoms. The van der Waals surface area contributed by atoms with Crippen molar-refractivity contribution in [2.45, 2.75) is 19.0 Å². The zero-order chi connectivity index (χ0) is 18.5. The minimum Gasteiger partial charge on any atom is -0.354 e. The van der Waals surface area contributed by atoms with Crippen LogP contribution in [0.4, 0.5) is 16.3 Å². The fourth-order valence-corrected chi connectivity index (χ4v) is 2.90. The van der Waals surface area contributed by atoms with Crippen molar-refractivity contribution < 1.29 is 9.18 Å². The molecule has 3 rings (SSSR count). The maximum atomic E-state index is 12.9. The summed E-state index contributed by atoms with van der Waals surface area (Å²) in [6.07, 6.45) is 0. The number of anilines is 2. The summed E-state index contributed by atoms with van der Waals surface area (Å²) >= 11 is 1.20. The molecule has 0 amide bonds. The van der Waals surface area contributed by atoms with Crippen molar-refractivity contribution >= 4 is 35.2 Å². The number of Topliss-reactive ketones (excluding diaryl/α,β-unsaturated/α-hetero) is 1. The van der Waals surface area contributed by atoms with Gasteiger partial charge in [-0.25, -0.2) is 4.39 Å².